The molecule has 25 heavy (non-hydrogen) atoms. The molecule has 0 aromatic carbocycles. The SMILES string of the molecule is CO[C@H]1O[C@@H](COC(C)=O)[C@H](OC(C)=O)C[C@H]1NC(=O)OC(C)(C)C. The van der Waals surface area contributed by atoms with Gasteiger partial charge in [-0.05, 0) is 20.8 Å². The molecule has 1 aliphatic rings. The van der Waals surface area contributed by atoms with Gasteiger partial charge < -0.3 is 29.0 Å². The summed E-state index contributed by atoms with van der Waals surface area (Å²) in [5.74, 6) is -0.985. The van der Waals surface area contributed by atoms with E-state index in [4.69, 9.17) is 23.7 Å². The molecule has 9 heteroatoms. The average Bonchev–Trinajstić information content (AvgIpc) is 2.43. The molecule has 0 saturated carbocycles. The van der Waals surface area contributed by atoms with E-state index in [0.29, 0.717) is 0 Å². The fraction of sp³-hybridized carbons (Fsp3) is 0.812. The maximum Gasteiger partial charge on any atom is 0.408 e. The summed E-state index contributed by atoms with van der Waals surface area (Å²) >= 11 is 0. The van der Waals surface area contributed by atoms with Crippen LogP contribution < -0.4 is 5.32 Å². The van der Waals surface area contributed by atoms with E-state index in [1.54, 1.807) is 20.8 Å². The van der Waals surface area contributed by atoms with Crippen molar-refractivity contribution in [2.24, 2.45) is 0 Å². The highest BCUT2D eigenvalue weighted by Gasteiger charge is 2.41. The lowest BCUT2D eigenvalue weighted by atomic mass is 10.0. The first kappa shape index (κ1) is 21.2. The highest BCUT2D eigenvalue weighted by atomic mass is 16.7. The van der Waals surface area contributed by atoms with Crippen molar-refractivity contribution in [3.05, 3.63) is 0 Å². The van der Waals surface area contributed by atoms with Crippen molar-refractivity contribution in [2.75, 3.05) is 13.7 Å². The summed E-state index contributed by atoms with van der Waals surface area (Å²) in [6.45, 7) is 7.68. The Morgan fingerprint density at radius 3 is 2.28 bits per heavy atom. The van der Waals surface area contributed by atoms with Gasteiger partial charge in [0.2, 0.25) is 0 Å². The molecular formula is C16H27NO8. The molecule has 0 aromatic rings. The minimum absolute atomic E-state index is 0.0910. The second-order valence-corrected chi connectivity index (χ2v) is 6.72. The van der Waals surface area contributed by atoms with Gasteiger partial charge in [-0.15, -0.1) is 0 Å². The van der Waals surface area contributed by atoms with E-state index >= 15 is 0 Å². The maximum absolute atomic E-state index is 12.0. The van der Waals surface area contributed by atoms with Gasteiger partial charge in [0.15, 0.2) is 6.29 Å². The molecule has 1 N–H and O–H groups in total. The Morgan fingerprint density at radius 2 is 1.80 bits per heavy atom. The fourth-order valence-corrected chi connectivity index (χ4v) is 2.36. The number of carbonyl (C=O) groups is 3. The van der Waals surface area contributed by atoms with E-state index in [2.05, 4.69) is 5.32 Å². The van der Waals surface area contributed by atoms with Crippen LogP contribution in [0.25, 0.3) is 0 Å². The van der Waals surface area contributed by atoms with Gasteiger partial charge in [-0.1, -0.05) is 0 Å². The zero-order valence-electron chi connectivity index (χ0n) is 15.5. The minimum atomic E-state index is -0.806. The molecular weight excluding hydrogens is 334 g/mol. The van der Waals surface area contributed by atoms with Gasteiger partial charge in [-0.3, -0.25) is 9.59 Å². The topological polar surface area (TPSA) is 109 Å². The van der Waals surface area contributed by atoms with Crippen LogP contribution in [-0.2, 0) is 33.3 Å². The number of rotatable bonds is 5. The minimum Gasteiger partial charge on any atom is -0.463 e. The van der Waals surface area contributed by atoms with Crippen molar-refractivity contribution < 1.29 is 38.1 Å². The van der Waals surface area contributed by atoms with Crippen LogP contribution in [0.2, 0.25) is 0 Å². The molecule has 0 radical (unpaired) electrons. The Morgan fingerprint density at radius 1 is 1.16 bits per heavy atom. The molecule has 144 valence electrons. The van der Waals surface area contributed by atoms with E-state index in [9.17, 15) is 14.4 Å². The highest BCUT2D eigenvalue weighted by molar-refractivity contribution is 5.68. The molecule has 0 aromatic heterocycles. The zero-order valence-corrected chi connectivity index (χ0v) is 15.5. The van der Waals surface area contributed by atoms with Crippen LogP contribution >= 0.6 is 0 Å². The van der Waals surface area contributed by atoms with Crippen molar-refractivity contribution in [1.82, 2.24) is 5.32 Å². The van der Waals surface area contributed by atoms with Crippen LogP contribution in [0.1, 0.15) is 41.0 Å². The lowest BCUT2D eigenvalue weighted by Crippen LogP contribution is -2.57. The van der Waals surface area contributed by atoms with Gasteiger partial charge in [-0.2, -0.15) is 0 Å². The largest absolute Gasteiger partial charge is 0.463 e. The van der Waals surface area contributed by atoms with Gasteiger partial charge >= 0.3 is 18.0 Å². The third kappa shape index (κ3) is 7.70. The van der Waals surface area contributed by atoms with Gasteiger partial charge in [0.05, 0.1) is 6.04 Å². The Hall–Kier alpha value is -1.87. The normalized spacial score (nSPS) is 26.5. The average molecular weight is 361 g/mol. The van der Waals surface area contributed by atoms with Crippen molar-refractivity contribution in [3.63, 3.8) is 0 Å². The van der Waals surface area contributed by atoms with Crippen molar-refractivity contribution in [3.8, 4) is 0 Å². The number of ether oxygens (including phenoxy) is 5. The Kier molecular flexibility index (Phi) is 7.62. The Bertz CT molecular complexity index is 487. The fourth-order valence-electron chi connectivity index (χ4n) is 2.36. The van der Waals surface area contributed by atoms with Crippen LogP contribution in [0, 0.1) is 0 Å². The molecule has 1 rings (SSSR count). The summed E-state index contributed by atoms with van der Waals surface area (Å²) in [7, 11) is 1.42. The van der Waals surface area contributed by atoms with Gasteiger partial charge in [0.25, 0.3) is 0 Å². The van der Waals surface area contributed by atoms with Crippen LogP contribution in [0.3, 0.4) is 0 Å². The summed E-state index contributed by atoms with van der Waals surface area (Å²) in [5.41, 5.74) is -0.657. The number of methoxy groups -OCH3 is 1. The molecule has 0 unspecified atom stereocenters. The van der Waals surface area contributed by atoms with Crippen LogP contribution in [0.4, 0.5) is 4.79 Å². The number of hydrogen-bond acceptors (Lipinski definition) is 8. The molecule has 1 aliphatic heterocycles. The van der Waals surface area contributed by atoms with Crippen LogP contribution in [0.15, 0.2) is 0 Å². The predicted octanol–water partition coefficient (Wildman–Crippen LogP) is 1.14. The standard InChI is InChI=1S/C16H27NO8/c1-9(18)22-8-13-12(23-10(2)19)7-11(14(21-6)24-13)17-15(20)25-16(3,4)5/h11-14H,7-8H2,1-6H3,(H,17,20)/t11-,12-,13+,14+/m1/s1. The molecule has 0 aliphatic carbocycles. The molecule has 1 saturated heterocycles. The summed E-state index contributed by atoms with van der Waals surface area (Å²) in [5, 5.41) is 2.65. The highest BCUT2D eigenvalue weighted by Crippen LogP contribution is 2.24. The number of nitrogens with one attached hydrogen (secondary N) is 1. The molecule has 4 atom stereocenters. The summed E-state index contributed by atoms with van der Waals surface area (Å²) in [6.07, 6.45) is -2.62. The van der Waals surface area contributed by atoms with Crippen molar-refractivity contribution in [2.45, 2.75) is 71.2 Å². The smallest absolute Gasteiger partial charge is 0.408 e. The summed E-state index contributed by atoms with van der Waals surface area (Å²) in [4.78, 5) is 34.3. The van der Waals surface area contributed by atoms with Gasteiger partial charge in [0.1, 0.15) is 24.4 Å². The summed E-state index contributed by atoms with van der Waals surface area (Å²) in [6, 6.07) is -0.599. The third-order valence-electron chi connectivity index (χ3n) is 3.24. The van der Waals surface area contributed by atoms with Crippen molar-refractivity contribution in [1.29, 1.82) is 0 Å². The van der Waals surface area contributed by atoms with Crippen LogP contribution in [-0.4, -0.2) is 61.9 Å². The van der Waals surface area contributed by atoms with E-state index < -0.39 is 48.2 Å². The summed E-state index contributed by atoms with van der Waals surface area (Å²) < 4.78 is 26.3. The molecule has 1 fully saturated rings. The van der Waals surface area contributed by atoms with Gasteiger partial charge in [0, 0.05) is 27.4 Å². The van der Waals surface area contributed by atoms with Crippen molar-refractivity contribution >= 4 is 18.0 Å². The monoisotopic (exact) mass is 361 g/mol. The molecule has 9 nitrogen and oxygen atoms in total. The number of amides is 1. The number of esters is 2. The Labute approximate surface area is 147 Å². The first-order valence-electron chi connectivity index (χ1n) is 8.00. The number of hydrogen-bond donors (Lipinski definition) is 1. The maximum atomic E-state index is 12.0. The lowest BCUT2D eigenvalue weighted by Gasteiger charge is -2.40. The van der Waals surface area contributed by atoms with E-state index in [-0.39, 0.29) is 13.0 Å². The van der Waals surface area contributed by atoms with E-state index in [0.717, 1.165) is 0 Å². The molecule has 1 heterocycles. The molecule has 0 spiro atoms. The quantitative estimate of drug-likeness (QED) is 0.573. The molecule has 0 bridgehead atoms. The zero-order chi connectivity index (χ0) is 19.2. The number of carbonyl (C=O) groups excluding carboxylic acids is 3. The predicted molar refractivity (Wildman–Crippen MR) is 85.6 cm³/mol. The number of alkyl carbamates (subject to hydrolysis) is 1. The Balaban J connectivity index is 2.80. The lowest BCUT2D eigenvalue weighted by molar-refractivity contribution is -0.239. The van der Waals surface area contributed by atoms with E-state index in [1.807, 2.05) is 0 Å². The second-order valence-electron chi connectivity index (χ2n) is 6.72. The first-order valence-corrected chi connectivity index (χ1v) is 8.00. The first-order chi connectivity index (χ1) is 11.5. The van der Waals surface area contributed by atoms with E-state index in [1.165, 1.54) is 21.0 Å². The van der Waals surface area contributed by atoms with Crippen LogP contribution in [0.5, 0.6) is 0 Å². The second kappa shape index (κ2) is 9.00. The van der Waals surface area contributed by atoms with Gasteiger partial charge in [-0.25, -0.2) is 4.79 Å². The third-order valence-corrected chi connectivity index (χ3v) is 3.24. The molecule has 1 amide bonds.